The molecule has 1 aliphatic rings. The smallest absolute Gasteiger partial charge is 0.0603 e. The van der Waals surface area contributed by atoms with Gasteiger partial charge in [0.1, 0.15) is 0 Å². The fraction of sp³-hybridized carbons (Fsp3) is 1.00. The van der Waals surface area contributed by atoms with Crippen LogP contribution in [0.4, 0.5) is 0 Å². The molecular formula is C15H29BrO. The molecule has 0 bridgehead atoms. The number of rotatable bonds is 5. The van der Waals surface area contributed by atoms with Gasteiger partial charge in [0.25, 0.3) is 0 Å². The Morgan fingerprint density at radius 1 is 1.24 bits per heavy atom. The first-order valence-electron chi connectivity index (χ1n) is 7.16. The van der Waals surface area contributed by atoms with Gasteiger partial charge >= 0.3 is 0 Å². The number of alkyl halides is 1. The molecule has 3 atom stereocenters. The summed E-state index contributed by atoms with van der Waals surface area (Å²) in [5.41, 5.74) is 0.333. The topological polar surface area (TPSA) is 9.23 Å². The van der Waals surface area contributed by atoms with Crippen molar-refractivity contribution in [3.63, 3.8) is 0 Å². The van der Waals surface area contributed by atoms with Crippen LogP contribution >= 0.6 is 15.9 Å². The molecule has 0 aromatic heterocycles. The van der Waals surface area contributed by atoms with E-state index in [1.807, 2.05) is 0 Å². The van der Waals surface area contributed by atoms with E-state index in [-0.39, 0.29) is 0 Å². The van der Waals surface area contributed by atoms with Gasteiger partial charge in [-0.3, -0.25) is 0 Å². The lowest BCUT2D eigenvalue weighted by Crippen LogP contribution is -2.33. The average molecular weight is 305 g/mol. The van der Waals surface area contributed by atoms with Crippen LogP contribution in [0.1, 0.15) is 59.8 Å². The van der Waals surface area contributed by atoms with Gasteiger partial charge in [-0.05, 0) is 30.1 Å². The Bertz CT molecular complexity index is 209. The SMILES string of the molecule is CCC1CCCCC1OCC(CBr)C(C)(C)C. The van der Waals surface area contributed by atoms with Crippen LogP contribution in [-0.4, -0.2) is 18.0 Å². The van der Waals surface area contributed by atoms with Crippen LogP contribution < -0.4 is 0 Å². The minimum absolute atomic E-state index is 0.333. The molecule has 0 saturated heterocycles. The highest BCUT2D eigenvalue weighted by Gasteiger charge is 2.28. The van der Waals surface area contributed by atoms with Gasteiger partial charge in [-0.15, -0.1) is 0 Å². The van der Waals surface area contributed by atoms with E-state index in [9.17, 15) is 0 Å². The van der Waals surface area contributed by atoms with Gasteiger partial charge < -0.3 is 4.74 Å². The summed E-state index contributed by atoms with van der Waals surface area (Å²) in [4.78, 5) is 0. The molecule has 1 aliphatic carbocycles. The van der Waals surface area contributed by atoms with Crippen molar-refractivity contribution < 1.29 is 4.74 Å². The Balaban J connectivity index is 2.42. The Morgan fingerprint density at radius 3 is 2.41 bits per heavy atom. The van der Waals surface area contributed by atoms with Crippen LogP contribution in [-0.2, 0) is 4.74 Å². The van der Waals surface area contributed by atoms with Crippen LogP contribution in [0.15, 0.2) is 0 Å². The van der Waals surface area contributed by atoms with E-state index in [4.69, 9.17) is 4.74 Å². The summed E-state index contributed by atoms with van der Waals surface area (Å²) < 4.78 is 6.24. The molecule has 0 radical (unpaired) electrons. The van der Waals surface area contributed by atoms with Crippen molar-refractivity contribution in [3.05, 3.63) is 0 Å². The molecule has 2 heteroatoms. The molecule has 0 aromatic rings. The molecule has 0 aliphatic heterocycles. The normalized spacial score (nSPS) is 28.1. The Labute approximate surface area is 116 Å². The zero-order valence-corrected chi connectivity index (χ0v) is 13.6. The summed E-state index contributed by atoms with van der Waals surface area (Å²) in [5.74, 6) is 1.42. The maximum absolute atomic E-state index is 6.24. The van der Waals surface area contributed by atoms with Gasteiger partial charge in [0, 0.05) is 5.33 Å². The monoisotopic (exact) mass is 304 g/mol. The van der Waals surface area contributed by atoms with Crippen molar-refractivity contribution in [2.75, 3.05) is 11.9 Å². The fourth-order valence-corrected chi connectivity index (χ4v) is 3.78. The van der Waals surface area contributed by atoms with Crippen LogP contribution in [0.5, 0.6) is 0 Å². The number of ether oxygens (including phenoxy) is 1. The highest BCUT2D eigenvalue weighted by atomic mass is 79.9. The van der Waals surface area contributed by atoms with Crippen molar-refractivity contribution in [1.29, 1.82) is 0 Å². The first kappa shape index (κ1) is 15.5. The lowest BCUT2D eigenvalue weighted by atomic mass is 9.82. The fourth-order valence-electron chi connectivity index (χ4n) is 2.63. The van der Waals surface area contributed by atoms with E-state index in [0.29, 0.717) is 17.4 Å². The molecule has 17 heavy (non-hydrogen) atoms. The summed E-state index contributed by atoms with van der Waals surface area (Å²) in [6.07, 6.45) is 7.21. The molecule has 1 rings (SSSR count). The molecule has 102 valence electrons. The van der Waals surface area contributed by atoms with Crippen LogP contribution in [0, 0.1) is 17.3 Å². The molecule has 3 unspecified atom stereocenters. The second-order valence-electron chi connectivity index (χ2n) is 6.54. The summed E-state index contributed by atoms with van der Waals surface area (Å²) in [6, 6.07) is 0. The largest absolute Gasteiger partial charge is 0.378 e. The predicted octanol–water partition coefficient (Wildman–Crippen LogP) is 5.03. The van der Waals surface area contributed by atoms with Gasteiger partial charge in [-0.25, -0.2) is 0 Å². The minimum Gasteiger partial charge on any atom is -0.378 e. The lowest BCUT2D eigenvalue weighted by molar-refractivity contribution is -0.0395. The second-order valence-corrected chi connectivity index (χ2v) is 7.19. The zero-order valence-electron chi connectivity index (χ0n) is 12.0. The van der Waals surface area contributed by atoms with E-state index in [1.54, 1.807) is 0 Å². The summed E-state index contributed by atoms with van der Waals surface area (Å²) in [6.45, 7) is 10.1. The van der Waals surface area contributed by atoms with E-state index >= 15 is 0 Å². The third kappa shape index (κ3) is 4.90. The molecule has 0 aromatic carbocycles. The van der Waals surface area contributed by atoms with E-state index in [2.05, 4.69) is 43.6 Å². The molecule has 0 heterocycles. The highest BCUT2D eigenvalue weighted by Crippen LogP contribution is 2.32. The standard InChI is InChI=1S/C15H29BrO/c1-5-12-8-6-7-9-14(12)17-11-13(10-16)15(2,3)4/h12-14H,5-11H2,1-4H3. The molecular weight excluding hydrogens is 276 g/mol. The van der Waals surface area contributed by atoms with Gasteiger partial charge in [0.15, 0.2) is 0 Å². The first-order chi connectivity index (χ1) is 7.99. The van der Waals surface area contributed by atoms with Crippen LogP contribution in [0.25, 0.3) is 0 Å². The maximum atomic E-state index is 6.24. The van der Waals surface area contributed by atoms with Gasteiger partial charge in [0.05, 0.1) is 12.7 Å². The average Bonchev–Trinajstić information content (AvgIpc) is 2.28. The molecule has 0 N–H and O–H groups in total. The highest BCUT2D eigenvalue weighted by molar-refractivity contribution is 9.09. The van der Waals surface area contributed by atoms with Gasteiger partial charge in [-0.2, -0.15) is 0 Å². The Morgan fingerprint density at radius 2 is 1.88 bits per heavy atom. The summed E-state index contributed by atoms with van der Waals surface area (Å²) in [5, 5.41) is 1.04. The Hall–Kier alpha value is 0.440. The predicted molar refractivity (Wildman–Crippen MR) is 78.7 cm³/mol. The van der Waals surface area contributed by atoms with Gasteiger partial charge in [-0.1, -0.05) is 62.9 Å². The van der Waals surface area contributed by atoms with E-state index in [1.165, 1.54) is 32.1 Å². The van der Waals surface area contributed by atoms with E-state index < -0.39 is 0 Å². The number of hydrogen-bond donors (Lipinski definition) is 0. The van der Waals surface area contributed by atoms with Gasteiger partial charge in [0.2, 0.25) is 0 Å². The maximum Gasteiger partial charge on any atom is 0.0603 e. The molecule has 0 spiro atoms. The van der Waals surface area contributed by atoms with Crippen molar-refractivity contribution in [1.82, 2.24) is 0 Å². The number of hydrogen-bond acceptors (Lipinski definition) is 1. The minimum atomic E-state index is 0.333. The van der Waals surface area contributed by atoms with Crippen molar-refractivity contribution in [3.8, 4) is 0 Å². The van der Waals surface area contributed by atoms with Crippen molar-refractivity contribution in [2.24, 2.45) is 17.3 Å². The van der Waals surface area contributed by atoms with Crippen molar-refractivity contribution in [2.45, 2.75) is 65.9 Å². The third-order valence-electron chi connectivity index (χ3n) is 4.29. The number of halogens is 1. The summed E-state index contributed by atoms with van der Waals surface area (Å²) >= 11 is 3.63. The molecule has 0 amide bonds. The van der Waals surface area contributed by atoms with Crippen LogP contribution in [0.2, 0.25) is 0 Å². The second kappa shape index (κ2) is 7.13. The van der Waals surface area contributed by atoms with Crippen LogP contribution in [0.3, 0.4) is 0 Å². The molecule has 1 nitrogen and oxygen atoms in total. The molecule has 1 fully saturated rings. The Kier molecular flexibility index (Phi) is 6.50. The third-order valence-corrected chi connectivity index (χ3v) is 5.07. The first-order valence-corrected chi connectivity index (χ1v) is 8.28. The summed E-state index contributed by atoms with van der Waals surface area (Å²) in [7, 11) is 0. The van der Waals surface area contributed by atoms with E-state index in [0.717, 1.165) is 17.9 Å². The molecule has 1 saturated carbocycles. The van der Waals surface area contributed by atoms with Crippen molar-refractivity contribution >= 4 is 15.9 Å². The zero-order chi connectivity index (χ0) is 12.9. The quantitative estimate of drug-likeness (QED) is 0.647. The lowest BCUT2D eigenvalue weighted by Gasteiger charge is -2.35.